The van der Waals surface area contributed by atoms with Crippen molar-refractivity contribution in [3.05, 3.63) is 60.8 Å². The molecule has 0 bridgehead atoms. The maximum atomic E-state index is 12.9. The highest BCUT2D eigenvalue weighted by atomic mass is 31.2. The van der Waals surface area contributed by atoms with E-state index in [-0.39, 0.29) is 32.0 Å². The largest absolute Gasteiger partial charge is 0.756 e. The van der Waals surface area contributed by atoms with Gasteiger partial charge in [0, 0.05) is 12.8 Å². The van der Waals surface area contributed by atoms with Crippen LogP contribution in [0.25, 0.3) is 0 Å². The summed E-state index contributed by atoms with van der Waals surface area (Å²) < 4.78 is 34.3. The van der Waals surface area contributed by atoms with Gasteiger partial charge in [-0.2, -0.15) is 0 Å². The van der Waals surface area contributed by atoms with Gasteiger partial charge in [-0.05, 0) is 57.8 Å². The molecule has 0 saturated heterocycles. The van der Waals surface area contributed by atoms with Crippen LogP contribution in [0.5, 0.6) is 0 Å². The van der Waals surface area contributed by atoms with Crippen molar-refractivity contribution < 1.29 is 42.1 Å². The topological polar surface area (TPSA) is 111 Å². The molecule has 9 nitrogen and oxygen atoms in total. The van der Waals surface area contributed by atoms with E-state index in [4.69, 9.17) is 18.5 Å². The average Bonchev–Trinajstić information content (AvgIpc) is 3.49. The van der Waals surface area contributed by atoms with Crippen molar-refractivity contribution >= 4 is 19.8 Å². The van der Waals surface area contributed by atoms with Crippen molar-refractivity contribution in [2.24, 2.45) is 0 Å². The zero-order valence-electron chi connectivity index (χ0n) is 55.4. The molecule has 0 N–H and O–H groups in total. The van der Waals surface area contributed by atoms with Gasteiger partial charge in [0.2, 0.25) is 0 Å². The highest BCUT2D eigenvalue weighted by molar-refractivity contribution is 7.45. The van der Waals surface area contributed by atoms with Crippen LogP contribution in [0.3, 0.4) is 0 Å². The van der Waals surface area contributed by atoms with Crippen LogP contribution >= 0.6 is 7.82 Å². The molecule has 0 aromatic rings. The summed E-state index contributed by atoms with van der Waals surface area (Å²) in [5.74, 6) is -0.812. The molecule has 2 atom stereocenters. The Morgan fingerprint density at radius 1 is 0.386 bits per heavy atom. The lowest BCUT2D eigenvalue weighted by Gasteiger charge is -2.28. The van der Waals surface area contributed by atoms with Gasteiger partial charge in [0.15, 0.2) is 6.10 Å². The summed E-state index contributed by atoms with van der Waals surface area (Å²) in [5, 5.41) is 0. The lowest BCUT2D eigenvalue weighted by molar-refractivity contribution is -0.870. The minimum Gasteiger partial charge on any atom is -0.756 e. The van der Waals surface area contributed by atoms with E-state index < -0.39 is 26.5 Å². The van der Waals surface area contributed by atoms with Gasteiger partial charge >= 0.3 is 11.9 Å². The Balaban J connectivity index is 3.96. The quantitative estimate of drug-likeness (QED) is 0.0195. The van der Waals surface area contributed by atoms with Crippen LogP contribution in [-0.4, -0.2) is 70.0 Å². The van der Waals surface area contributed by atoms with Crippen LogP contribution in [0.2, 0.25) is 0 Å². The molecule has 0 aliphatic carbocycles. The van der Waals surface area contributed by atoms with Crippen molar-refractivity contribution in [3.8, 4) is 0 Å². The normalized spacial score (nSPS) is 13.5. The Hall–Kier alpha value is -2.29. The third kappa shape index (κ3) is 68.7. The Bertz CT molecular complexity index is 1580. The standard InChI is InChI=1S/C73H136NO8P/c1-6-8-10-12-14-16-18-20-22-24-26-28-30-31-32-33-34-35-36-37-38-39-40-41-42-43-44-46-48-50-52-54-56-58-60-62-64-66-73(76)82-71(70-81-83(77,78)80-68-67-74(3,4)5)69-79-72(75)65-63-61-59-57-55-53-51-49-47-45-29-27-25-23-21-19-17-15-13-11-9-7-2/h8,10,14,16,20,22,26,28,31-32,71H,6-7,9,11-13,15,17-19,21,23-25,27,29-30,33-70H2,1-5H3/b10-8-,16-14-,22-20-,28-26-,32-31-. The Morgan fingerprint density at radius 2 is 0.687 bits per heavy atom. The fourth-order valence-electron chi connectivity index (χ4n) is 10.4. The van der Waals surface area contributed by atoms with Crippen molar-refractivity contribution in [1.29, 1.82) is 0 Å². The average molecular weight is 1190 g/mol. The summed E-state index contributed by atoms with van der Waals surface area (Å²) >= 11 is 0. The highest BCUT2D eigenvalue weighted by Gasteiger charge is 2.22. The van der Waals surface area contributed by atoms with Gasteiger partial charge in [0.05, 0.1) is 27.7 Å². The van der Waals surface area contributed by atoms with Crippen LogP contribution in [0.1, 0.15) is 341 Å². The number of carbonyl (C=O) groups is 2. The van der Waals surface area contributed by atoms with Gasteiger partial charge in [-0.15, -0.1) is 0 Å². The number of unbranched alkanes of at least 4 members (excludes halogenated alkanes) is 42. The number of hydrogen-bond acceptors (Lipinski definition) is 8. The number of phosphoric ester groups is 1. The number of quaternary nitrogens is 1. The summed E-state index contributed by atoms with van der Waals surface area (Å²) in [6, 6.07) is 0. The summed E-state index contributed by atoms with van der Waals surface area (Å²) in [5.41, 5.74) is 0. The third-order valence-electron chi connectivity index (χ3n) is 15.8. The maximum Gasteiger partial charge on any atom is 0.306 e. The van der Waals surface area contributed by atoms with Crippen LogP contribution < -0.4 is 4.89 Å². The van der Waals surface area contributed by atoms with E-state index in [0.29, 0.717) is 17.4 Å². The predicted molar refractivity (Wildman–Crippen MR) is 356 cm³/mol. The highest BCUT2D eigenvalue weighted by Crippen LogP contribution is 2.38. The maximum absolute atomic E-state index is 12.9. The molecule has 83 heavy (non-hydrogen) atoms. The molecule has 486 valence electrons. The molecule has 0 fully saturated rings. The lowest BCUT2D eigenvalue weighted by Crippen LogP contribution is -2.37. The van der Waals surface area contributed by atoms with Crippen LogP contribution in [0, 0.1) is 0 Å². The molecular weight excluding hydrogens is 1050 g/mol. The summed E-state index contributed by atoms with van der Waals surface area (Å²) in [4.78, 5) is 38.0. The van der Waals surface area contributed by atoms with E-state index in [1.54, 1.807) is 0 Å². The van der Waals surface area contributed by atoms with Gasteiger partial charge in [0.25, 0.3) is 7.82 Å². The number of nitrogens with zero attached hydrogens (tertiary/aromatic N) is 1. The minimum atomic E-state index is -4.64. The SMILES string of the molecule is CC/C=C\C/C=C\C/C=C\C/C=C\C/C=C\CCCCCCCCCCCCCCCCCCCCCCCC(=O)OC(COC(=O)CCCCCCCCCCCCCCCCCCCCCCCC)COP(=O)([O-])OCC[N+](C)(C)C. The first-order valence-corrected chi connectivity index (χ1v) is 37.0. The summed E-state index contributed by atoms with van der Waals surface area (Å²) in [7, 11) is 1.18. The van der Waals surface area contributed by atoms with Crippen molar-refractivity contribution in [2.45, 2.75) is 347 Å². The Morgan fingerprint density at radius 3 is 1.02 bits per heavy atom. The number of phosphoric acid groups is 1. The predicted octanol–water partition coefficient (Wildman–Crippen LogP) is 22.4. The molecule has 0 radical (unpaired) electrons. The van der Waals surface area contributed by atoms with E-state index in [1.165, 1.54) is 244 Å². The second-order valence-corrected chi connectivity index (χ2v) is 26.6. The number of rotatable bonds is 66. The molecule has 0 heterocycles. The van der Waals surface area contributed by atoms with Gasteiger partial charge in [-0.1, -0.05) is 331 Å². The number of carbonyl (C=O) groups excluding carboxylic acids is 2. The van der Waals surface area contributed by atoms with Crippen LogP contribution in [0.15, 0.2) is 60.8 Å². The second-order valence-electron chi connectivity index (χ2n) is 25.2. The first-order valence-electron chi connectivity index (χ1n) is 35.5. The van der Waals surface area contributed by atoms with Gasteiger partial charge in [-0.3, -0.25) is 14.2 Å². The number of esters is 2. The minimum absolute atomic E-state index is 0.0283. The van der Waals surface area contributed by atoms with E-state index in [9.17, 15) is 19.0 Å². The molecule has 0 saturated carbocycles. The first-order chi connectivity index (χ1) is 40.5. The summed E-state index contributed by atoms with van der Waals surface area (Å²) in [6.07, 6.45) is 84.5. The third-order valence-corrected chi connectivity index (χ3v) is 16.8. The second kappa shape index (κ2) is 64.2. The number of likely N-dealkylation sites (N-methyl/N-ethyl adjacent to an activating group) is 1. The van der Waals surface area contributed by atoms with E-state index in [0.717, 1.165) is 64.2 Å². The van der Waals surface area contributed by atoms with Crippen molar-refractivity contribution in [1.82, 2.24) is 0 Å². The number of hydrogen-bond donors (Lipinski definition) is 0. The molecule has 0 aromatic heterocycles. The molecule has 0 amide bonds. The first kappa shape index (κ1) is 80.7. The van der Waals surface area contributed by atoms with Gasteiger partial charge < -0.3 is 27.9 Å². The van der Waals surface area contributed by atoms with Crippen molar-refractivity contribution in [2.75, 3.05) is 47.5 Å². The number of allylic oxidation sites excluding steroid dienone is 10. The van der Waals surface area contributed by atoms with Crippen LogP contribution in [0.4, 0.5) is 0 Å². The molecule has 0 aliphatic heterocycles. The monoisotopic (exact) mass is 1190 g/mol. The fourth-order valence-corrected chi connectivity index (χ4v) is 11.1. The van der Waals surface area contributed by atoms with Gasteiger partial charge in [-0.25, -0.2) is 0 Å². The lowest BCUT2D eigenvalue weighted by atomic mass is 10.0. The van der Waals surface area contributed by atoms with Crippen molar-refractivity contribution in [3.63, 3.8) is 0 Å². The van der Waals surface area contributed by atoms with E-state index in [1.807, 2.05) is 21.1 Å². The molecule has 2 unspecified atom stereocenters. The zero-order valence-corrected chi connectivity index (χ0v) is 56.3. The van der Waals surface area contributed by atoms with Gasteiger partial charge in [0.1, 0.15) is 19.8 Å². The van der Waals surface area contributed by atoms with E-state index >= 15 is 0 Å². The summed E-state index contributed by atoms with van der Waals surface area (Å²) in [6.45, 7) is 4.19. The number of ether oxygens (including phenoxy) is 2. The molecule has 0 rings (SSSR count). The Kier molecular flexibility index (Phi) is 62.4. The molecular formula is C73H136NO8P. The smallest absolute Gasteiger partial charge is 0.306 e. The molecule has 10 heteroatoms. The fraction of sp³-hybridized carbons (Fsp3) is 0.836. The Labute approximate surface area is 515 Å². The van der Waals surface area contributed by atoms with E-state index in [2.05, 4.69) is 74.6 Å². The molecule has 0 aliphatic rings. The van der Waals surface area contributed by atoms with Crippen LogP contribution in [-0.2, 0) is 32.7 Å². The molecule has 0 aromatic carbocycles. The molecule has 0 spiro atoms. The zero-order chi connectivity index (χ0) is 60.5.